The Labute approximate surface area is 183 Å². The standard InChI is InChI=1S/C21H25ClF3N3O3/c1-20(30,15-2-5-19(26-13-15)21(23,24)25)14-27-6-8-28(9-7-27)18-4-3-16(12-17(18)22)31-11-10-29/h2-5,12-13,29-30H,6-11,14H2,1H3/t20-/m1/s1. The van der Waals surface area contributed by atoms with Gasteiger partial charge in [-0.25, -0.2) is 0 Å². The van der Waals surface area contributed by atoms with Gasteiger partial charge in [0.1, 0.15) is 23.7 Å². The number of aliphatic hydroxyl groups is 2. The molecule has 1 saturated heterocycles. The normalized spacial score (nSPS) is 17.5. The van der Waals surface area contributed by atoms with Crippen molar-refractivity contribution in [2.45, 2.75) is 18.7 Å². The molecule has 0 bridgehead atoms. The molecule has 0 amide bonds. The van der Waals surface area contributed by atoms with Gasteiger partial charge in [-0.05, 0) is 25.1 Å². The fourth-order valence-electron chi connectivity index (χ4n) is 3.55. The fraction of sp³-hybridized carbons (Fsp3) is 0.476. The maximum atomic E-state index is 12.7. The van der Waals surface area contributed by atoms with Gasteiger partial charge >= 0.3 is 6.18 Å². The highest BCUT2D eigenvalue weighted by atomic mass is 35.5. The Bertz CT molecular complexity index is 870. The first-order valence-electron chi connectivity index (χ1n) is 9.87. The van der Waals surface area contributed by atoms with Crippen LogP contribution in [0.3, 0.4) is 0 Å². The van der Waals surface area contributed by atoms with Crippen LogP contribution in [-0.4, -0.2) is 66.0 Å². The molecule has 3 rings (SSSR count). The predicted octanol–water partition coefficient (Wildman–Crippen LogP) is 3.15. The monoisotopic (exact) mass is 459 g/mol. The summed E-state index contributed by atoms with van der Waals surface area (Å²) in [7, 11) is 0. The van der Waals surface area contributed by atoms with Gasteiger partial charge in [0.25, 0.3) is 0 Å². The SMILES string of the molecule is C[C@@](O)(CN1CCN(c2ccc(OCCO)cc2Cl)CC1)c1ccc(C(F)(F)F)nc1. The summed E-state index contributed by atoms with van der Waals surface area (Å²) in [5.74, 6) is 0.586. The van der Waals surface area contributed by atoms with Crippen LogP contribution in [0.15, 0.2) is 36.5 Å². The van der Waals surface area contributed by atoms with Gasteiger partial charge in [-0.3, -0.25) is 9.88 Å². The van der Waals surface area contributed by atoms with Gasteiger partial charge in [0, 0.05) is 50.6 Å². The fourth-order valence-corrected chi connectivity index (χ4v) is 3.84. The van der Waals surface area contributed by atoms with Crippen molar-refractivity contribution in [3.05, 3.63) is 52.8 Å². The number of anilines is 1. The lowest BCUT2D eigenvalue weighted by Crippen LogP contribution is -2.50. The summed E-state index contributed by atoms with van der Waals surface area (Å²) in [6.45, 7) is 4.64. The second kappa shape index (κ2) is 9.60. The topological polar surface area (TPSA) is 69.1 Å². The van der Waals surface area contributed by atoms with Crippen molar-refractivity contribution in [1.29, 1.82) is 0 Å². The summed E-state index contributed by atoms with van der Waals surface area (Å²) >= 11 is 6.38. The van der Waals surface area contributed by atoms with E-state index in [-0.39, 0.29) is 19.8 Å². The number of hydrogen-bond acceptors (Lipinski definition) is 6. The largest absolute Gasteiger partial charge is 0.491 e. The van der Waals surface area contributed by atoms with E-state index in [1.165, 1.54) is 6.07 Å². The van der Waals surface area contributed by atoms with E-state index in [9.17, 15) is 18.3 Å². The maximum Gasteiger partial charge on any atom is 0.433 e. The van der Waals surface area contributed by atoms with E-state index in [1.807, 2.05) is 6.07 Å². The molecule has 1 fully saturated rings. The summed E-state index contributed by atoms with van der Waals surface area (Å²) in [4.78, 5) is 7.63. The van der Waals surface area contributed by atoms with E-state index < -0.39 is 17.5 Å². The minimum Gasteiger partial charge on any atom is -0.491 e. The van der Waals surface area contributed by atoms with Gasteiger partial charge in [0.2, 0.25) is 0 Å². The van der Waals surface area contributed by atoms with Gasteiger partial charge < -0.3 is 19.8 Å². The number of nitrogens with zero attached hydrogens (tertiary/aromatic N) is 3. The van der Waals surface area contributed by atoms with Crippen LogP contribution in [0.25, 0.3) is 0 Å². The number of ether oxygens (including phenoxy) is 1. The van der Waals surface area contributed by atoms with Crippen molar-refractivity contribution < 1.29 is 28.1 Å². The quantitative estimate of drug-likeness (QED) is 0.663. The molecule has 6 nitrogen and oxygen atoms in total. The summed E-state index contributed by atoms with van der Waals surface area (Å²) in [5.41, 5.74) is -1.10. The summed E-state index contributed by atoms with van der Waals surface area (Å²) in [6, 6.07) is 7.53. The van der Waals surface area contributed by atoms with Crippen LogP contribution in [0.4, 0.5) is 18.9 Å². The average molecular weight is 460 g/mol. The lowest BCUT2D eigenvalue weighted by Gasteiger charge is -2.39. The number of β-amino-alcohol motifs (C(OH)–C–C–N with tert-alkyl or cyclic N) is 1. The van der Waals surface area contributed by atoms with Crippen molar-refractivity contribution in [2.24, 2.45) is 0 Å². The molecule has 1 aliphatic rings. The minimum absolute atomic E-state index is 0.0758. The molecule has 1 aromatic carbocycles. The summed E-state index contributed by atoms with van der Waals surface area (Å²) < 4.78 is 43.5. The molecule has 0 unspecified atom stereocenters. The van der Waals surface area contributed by atoms with Gasteiger partial charge in [-0.15, -0.1) is 0 Å². The number of alkyl halides is 3. The van der Waals surface area contributed by atoms with Crippen molar-refractivity contribution in [2.75, 3.05) is 50.8 Å². The number of halogens is 4. The zero-order valence-electron chi connectivity index (χ0n) is 17.1. The maximum absolute atomic E-state index is 12.7. The lowest BCUT2D eigenvalue weighted by molar-refractivity contribution is -0.141. The zero-order valence-corrected chi connectivity index (χ0v) is 17.8. The van der Waals surface area contributed by atoms with Crippen LogP contribution in [-0.2, 0) is 11.8 Å². The molecule has 2 N–H and O–H groups in total. The highest BCUT2D eigenvalue weighted by Crippen LogP contribution is 2.32. The van der Waals surface area contributed by atoms with Gasteiger partial charge in [0.05, 0.1) is 17.3 Å². The van der Waals surface area contributed by atoms with Crippen molar-refractivity contribution >= 4 is 17.3 Å². The van der Waals surface area contributed by atoms with E-state index in [1.54, 1.807) is 19.1 Å². The highest BCUT2D eigenvalue weighted by Gasteiger charge is 2.34. The Hall–Kier alpha value is -2.07. The third-order valence-electron chi connectivity index (χ3n) is 5.20. The van der Waals surface area contributed by atoms with E-state index in [0.717, 1.165) is 18.0 Å². The molecule has 170 valence electrons. The smallest absolute Gasteiger partial charge is 0.433 e. The molecule has 2 aromatic rings. The third-order valence-corrected chi connectivity index (χ3v) is 5.50. The van der Waals surface area contributed by atoms with Crippen LogP contribution < -0.4 is 9.64 Å². The highest BCUT2D eigenvalue weighted by molar-refractivity contribution is 6.33. The van der Waals surface area contributed by atoms with E-state index in [2.05, 4.69) is 14.8 Å². The third kappa shape index (κ3) is 6.00. The second-order valence-electron chi connectivity index (χ2n) is 7.65. The number of piperazine rings is 1. The number of aliphatic hydroxyl groups excluding tert-OH is 1. The Morgan fingerprint density at radius 2 is 1.84 bits per heavy atom. The average Bonchev–Trinajstić information content (AvgIpc) is 2.72. The van der Waals surface area contributed by atoms with Crippen molar-refractivity contribution in [1.82, 2.24) is 9.88 Å². The predicted molar refractivity (Wildman–Crippen MR) is 111 cm³/mol. The number of benzene rings is 1. The summed E-state index contributed by atoms with van der Waals surface area (Å²) in [6.07, 6.45) is -3.43. The first kappa shape index (κ1) is 23.6. The second-order valence-corrected chi connectivity index (χ2v) is 8.06. The van der Waals surface area contributed by atoms with E-state index >= 15 is 0 Å². The van der Waals surface area contributed by atoms with Crippen LogP contribution in [0.1, 0.15) is 18.2 Å². The minimum atomic E-state index is -4.51. The Morgan fingerprint density at radius 3 is 2.39 bits per heavy atom. The number of pyridine rings is 1. The summed E-state index contributed by atoms with van der Waals surface area (Å²) in [5, 5.41) is 20.2. The molecule has 0 aliphatic carbocycles. The lowest BCUT2D eigenvalue weighted by atomic mass is 9.96. The van der Waals surface area contributed by atoms with E-state index in [0.29, 0.717) is 42.5 Å². The molecular weight excluding hydrogens is 435 g/mol. The molecule has 0 saturated carbocycles. The van der Waals surface area contributed by atoms with Gasteiger partial charge in [-0.1, -0.05) is 17.7 Å². The molecule has 31 heavy (non-hydrogen) atoms. The Kier molecular flexibility index (Phi) is 7.31. The van der Waals surface area contributed by atoms with Gasteiger partial charge in [0.15, 0.2) is 0 Å². The molecule has 0 radical (unpaired) electrons. The molecule has 10 heteroatoms. The number of rotatable bonds is 7. The van der Waals surface area contributed by atoms with Crippen molar-refractivity contribution in [3.8, 4) is 5.75 Å². The van der Waals surface area contributed by atoms with Crippen LogP contribution in [0.5, 0.6) is 5.75 Å². The molecule has 2 heterocycles. The number of hydrogen-bond donors (Lipinski definition) is 2. The van der Waals surface area contributed by atoms with Crippen molar-refractivity contribution in [3.63, 3.8) is 0 Å². The zero-order chi connectivity index (χ0) is 22.6. The molecule has 1 aromatic heterocycles. The molecular formula is C21H25ClF3N3O3. The van der Waals surface area contributed by atoms with Crippen LogP contribution >= 0.6 is 11.6 Å². The number of aromatic nitrogens is 1. The van der Waals surface area contributed by atoms with Gasteiger partial charge in [-0.2, -0.15) is 13.2 Å². The molecule has 1 atom stereocenters. The van der Waals surface area contributed by atoms with Crippen LogP contribution in [0.2, 0.25) is 5.02 Å². The molecule has 1 aliphatic heterocycles. The first-order valence-corrected chi connectivity index (χ1v) is 10.2. The molecule has 0 spiro atoms. The van der Waals surface area contributed by atoms with Crippen LogP contribution in [0, 0.1) is 0 Å². The Balaban J connectivity index is 1.58. The Morgan fingerprint density at radius 1 is 1.13 bits per heavy atom. The van der Waals surface area contributed by atoms with E-state index in [4.69, 9.17) is 21.4 Å². The first-order chi connectivity index (χ1) is 14.6.